The Bertz CT molecular complexity index is 991. The van der Waals surface area contributed by atoms with Crippen LogP contribution in [0, 0.1) is 0 Å². The van der Waals surface area contributed by atoms with Crippen molar-refractivity contribution in [2.45, 2.75) is 23.8 Å². The number of anilines is 1. The second-order valence-electron chi connectivity index (χ2n) is 6.17. The average molecular weight is 357 g/mol. The second-order valence-corrected chi connectivity index (χ2v) is 7.85. The summed E-state index contributed by atoms with van der Waals surface area (Å²) in [5.41, 5.74) is 0.472. The number of fused-ring (bicyclic) bond motifs is 1. The molecule has 1 aromatic heterocycles. The van der Waals surface area contributed by atoms with Gasteiger partial charge < -0.3 is 4.74 Å². The fraction of sp³-hybridized carbons (Fsp3) is 0.278. The molecule has 1 fully saturated rings. The van der Waals surface area contributed by atoms with Gasteiger partial charge in [-0.05, 0) is 35.7 Å². The van der Waals surface area contributed by atoms with Crippen LogP contribution in [0.4, 0.5) is 5.69 Å². The predicted octanol–water partition coefficient (Wildman–Crippen LogP) is 3.19. The van der Waals surface area contributed by atoms with E-state index in [4.69, 9.17) is 4.74 Å². The Morgan fingerprint density at radius 2 is 1.84 bits per heavy atom. The summed E-state index contributed by atoms with van der Waals surface area (Å²) in [6.45, 7) is 1.42. The van der Waals surface area contributed by atoms with Gasteiger partial charge in [0, 0.05) is 19.4 Å². The van der Waals surface area contributed by atoms with E-state index in [1.807, 2.05) is 35.0 Å². The van der Waals surface area contributed by atoms with Crippen LogP contribution in [0.1, 0.15) is 18.9 Å². The van der Waals surface area contributed by atoms with Gasteiger partial charge in [0.15, 0.2) is 0 Å². The van der Waals surface area contributed by atoms with Crippen LogP contribution in [0.25, 0.3) is 10.8 Å². The van der Waals surface area contributed by atoms with E-state index in [-0.39, 0.29) is 10.9 Å². The van der Waals surface area contributed by atoms with Crippen molar-refractivity contribution in [2.24, 2.45) is 0 Å². The van der Waals surface area contributed by atoms with Crippen LogP contribution < -0.4 is 4.72 Å². The van der Waals surface area contributed by atoms with Crippen LogP contribution in [0.3, 0.4) is 0 Å². The van der Waals surface area contributed by atoms with E-state index in [0.717, 1.165) is 23.6 Å². The normalized spacial score (nSPS) is 16.2. The molecule has 0 radical (unpaired) electrons. The summed E-state index contributed by atoms with van der Waals surface area (Å²) in [5.74, 6) is 0. The van der Waals surface area contributed by atoms with Crippen molar-refractivity contribution in [3.63, 3.8) is 0 Å². The number of benzene rings is 2. The first-order valence-corrected chi connectivity index (χ1v) is 9.74. The van der Waals surface area contributed by atoms with Gasteiger partial charge in [0.05, 0.1) is 22.8 Å². The van der Waals surface area contributed by atoms with Gasteiger partial charge in [-0.15, -0.1) is 0 Å². The monoisotopic (exact) mass is 357 g/mol. The summed E-state index contributed by atoms with van der Waals surface area (Å²) >= 11 is 0. The molecule has 3 aromatic rings. The zero-order chi connectivity index (χ0) is 17.3. The maximum atomic E-state index is 12.7. The van der Waals surface area contributed by atoms with Crippen molar-refractivity contribution in [1.29, 1.82) is 0 Å². The lowest BCUT2D eigenvalue weighted by atomic mass is 10.1. The zero-order valence-electron chi connectivity index (χ0n) is 13.6. The highest BCUT2D eigenvalue weighted by molar-refractivity contribution is 7.92. The molecule has 0 spiro atoms. The highest BCUT2D eigenvalue weighted by Crippen LogP contribution is 2.24. The van der Waals surface area contributed by atoms with Gasteiger partial charge in [-0.3, -0.25) is 9.40 Å². The molecule has 0 atom stereocenters. The largest absolute Gasteiger partial charge is 0.381 e. The molecule has 1 aliphatic rings. The van der Waals surface area contributed by atoms with E-state index < -0.39 is 10.0 Å². The average Bonchev–Trinajstić information content (AvgIpc) is 3.10. The lowest BCUT2D eigenvalue weighted by molar-refractivity contribution is 0.0662. The summed E-state index contributed by atoms with van der Waals surface area (Å²) in [4.78, 5) is 0.241. The van der Waals surface area contributed by atoms with Crippen molar-refractivity contribution >= 4 is 26.5 Å². The summed E-state index contributed by atoms with van der Waals surface area (Å²) in [5, 5.41) is 6.20. The van der Waals surface area contributed by atoms with E-state index in [1.165, 1.54) is 0 Å². The molecule has 0 saturated carbocycles. The third-order valence-corrected chi connectivity index (χ3v) is 5.83. The molecule has 7 heteroatoms. The molecule has 1 aliphatic heterocycles. The van der Waals surface area contributed by atoms with Crippen LogP contribution in [-0.4, -0.2) is 31.4 Å². The topological polar surface area (TPSA) is 73.2 Å². The minimum Gasteiger partial charge on any atom is -0.381 e. The highest BCUT2D eigenvalue weighted by atomic mass is 32.2. The van der Waals surface area contributed by atoms with E-state index in [9.17, 15) is 8.42 Å². The van der Waals surface area contributed by atoms with Crippen LogP contribution in [0.15, 0.2) is 59.8 Å². The number of sulfonamides is 1. The number of nitrogens with one attached hydrogen (secondary N) is 1. The van der Waals surface area contributed by atoms with Gasteiger partial charge in [-0.25, -0.2) is 8.42 Å². The zero-order valence-corrected chi connectivity index (χ0v) is 14.4. The maximum absolute atomic E-state index is 12.7. The molecule has 0 aliphatic carbocycles. The number of aromatic nitrogens is 2. The molecular formula is C18H19N3O3S. The van der Waals surface area contributed by atoms with Gasteiger partial charge in [0.1, 0.15) is 0 Å². The van der Waals surface area contributed by atoms with Crippen molar-refractivity contribution < 1.29 is 13.2 Å². The number of rotatable bonds is 4. The molecule has 130 valence electrons. The van der Waals surface area contributed by atoms with Gasteiger partial charge in [-0.2, -0.15) is 5.10 Å². The molecule has 0 unspecified atom stereocenters. The quantitative estimate of drug-likeness (QED) is 0.778. The fourth-order valence-electron chi connectivity index (χ4n) is 3.09. The molecule has 4 rings (SSSR count). The number of hydrogen-bond donors (Lipinski definition) is 1. The first-order valence-electron chi connectivity index (χ1n) is 8.25. The number of hydrogen-bond acceptors (Lipinski definition) is 4. The van der Waals surface area contributed by atoms with Gasteiger partial charge in [0.25, 0.3) is 10.0 Å². The summed E-state index contributed by atoms with van der Waals surface area (Å²) < 4.78 is 35.1. The SMILES string of the molecule is O=S(=O)(Nc1cnn(C2CCOCC2)c1)c1ccc2ccccc2c1. The second kappa shape index (κ2) is 6.50. The maximum Gasteiger partial charge on any atom is 0.262 e. The fourth-order valence-corrected chi connectivity index (χ4v) is 4.15. The van der Waals surface area contributed by atoms with Crippen molar-refractivity contribution in [3.8, 4) is 0 Å². The minimum absolute atomic E-state index is 0.241. The minimum atomic E-state index is -3.65. The van der Waals surface area contributed by atoms with Crippen LogP contribution >= 0.6 is 0 Å². The van der Waals surface area contributed by atoms with E-state index >= 15 is 0 Å². The highest BCUT2D eigenvalue weighted by Gasteiger charge is 2.19. The third kappa shape index (κ3) is 3.38. The van der Waals surface area contributed by atoms with Crippen molar-refractivity contribution in [1.82, 2.24) is 9.78 Å². The molecule has 6 nitrogen and oxygen atoms in total. The summed E-state index contributed by atoms with van der Waals surface area (Å²) in [7, 11) is -3.65. The van der Waals surface area contributed by atoms with Crippen LogP contribution in [0.2, 0.25) is 0 Å². The Kier molecular flexibility index (Phi) is 4.19. The Balaban J connectivity index is 1.57. The molecule has 1 saturated heterocycles. The summed E-state index contributed by atoms with van der Waals surface area (Å²) in [6.07, 6.45) is 5.07. The molecule has 2 aromatic carbocycles. The summed E-state index contributed by atoms with van der Waals surface area (Å²) in [6, 6.07) is 13.1. The molecule has 0 amide bonds. The standard InChI is InChI=1S/C18H19N3O3S/c22-25(23,18-6-5-14-3-1-2-4-15(14)11-18)20-16-12-19-21(13-16)17-7-9-24-10-8-17/h1-6,11-13,17,20H,7-10H2. The van der Waals surface area contributed by atoms with E-state index in [2.05, 4.69) is 9.82 Å². The van der Waals surface area contributed by atoms with E-state index in [1.54, 1.807) is 24.5 Å². The lowest BCUT2D eigenvalue weighted by Gasteiger charge is -2.22. The van der Waals surface area contributed by atoms with Gasteiger partial charge in [0.2, 0.25) is 0 Å². The van der Waals surface area contributed by atoms with Crippen LogP contribution in [-0.2, 0) is 14.8 Å². The Hall–Kier alpha value is -2.38. The molecule has 2 heterocycles. The van der Waals surface area contributed by atoms with Crippen molar-refractivity contribution in [2.75, 3.05) is 17.9 Å². The lowest BCUT2D eigenvalue weighted by Crippen LogP contribution is -2.19. The smallest absolute Gasteiger partial charge is 0.262 e. The number of nitrogens with zero attached hydrogens (tertiary/aromatic N) is 2. The first kappa shape index (κ1) is 16.1. The molecule has 0 bridgehead atoms. The molecule has 1 N–H and O–H groups in total. The Labute approximate surface area is 146 Å². The molecule has 25 heavy (non-hydrogen) atoms. The first-order chi connectivity index (χ1) is 12.1. The third-order valence-electron chi connectivity index (χ3n) is 4.45. The van der Waals surface area contributed by atoms with Gasteiger partial charge >= 0.3 is 0 Å². The Morgan fingerprint density at radius 3 is 2.64 bits per heavy atom. The van der Waals surface area contributed by atoms with Crippen molar-refractivity contribution in [3.05, 3.63) is 54.9 Å². The van der Waals surface area contributed by atoms with Crippen LogP contribution in [0.5, 0.6) is 0 Å². The Morgan fingerprint density at radius 1 is 1.08 bits per heavy atom. The predicted molar refractivity (Wildman–Crippen MR) is 96.1 cm³/mol. The molecular weight excluding hydrogens is 338 g/mol. The van der Waals surface area contributed by atoms with E-state index in [0.29, 0.717) is 18.9 Å². The number of ether oxygens (including phenoxy) is 1. The van der Waals surface area contributed by atoms with Gasteiger partial charge in [-0.1, -0.05) is 30.3 Å².